The number of nitrogens with zero attached hydrogens (tertiary/aromatic N) is 3. The van der Waals surface area contributed by atoms with E-state index in [0.717, 1.165) is 42.9 Å². The number of likely N-dealkylation sites (tertiary alicyclic amines) is 1. The molecule has 2 heterocycles. The van der Waals surface area contributed by atoms with E-state index >= 15 is 0 Å². The molecule has 0 aliphatic carbocycles. The fourth-order valence-electron chi connectivity index (χ4n) is 4.52. The zero-order valence-electron chi connectivity index (χ0n) is 18.6. The zero-order valence-corrected chi connectivity index (χ0v) is 19.4. The molecule has 1 aliphatic heterocycles. The summed E-state index contributed by atoms with van der Waals surface area (Å²) in [6, 6.07) is 18.0. The molecule has 1 atom stereocenters. The first-order valence-corrected chi connectivity index (χ1v) is 11.8. The minimum Gasteiger partial charge on any atom is -0.352 e. The van der Waals surface area contributed by atoms with E-state index in [0.29, 0.717) is 23.9 Å². The molecule has 0 radical (unpaired) electrons. The molecule has 1 N–H and O–H groups in total. The molecule has 1 saturated heterocycles. The third kappa shape index (κ3) is 5.99. The number of aromatic nitrogens is 2. The molecule has 168 valence electrons. The SMILES string of the molecule is Cn1cc(CN2CCCC(CCC(=O)NCc3ccccc3Cl)C2)c(-c2ccccc2)n1. The maximum absolute atomic E-state index is 12.4. The number of hydrogen-bond donors (Lipinski definition) is 1. The number of carbonyl (C=O) groups excluding carboxylic acids is 1. The Bertz CT molecular complexity index is 1030. The summed E-state index contributed by atoms with van der Waals surface area (Å²) in [7, 11) is 1.98. The lowest BCUT2D eigenvalue weighted by Crippen LogP contribution is -2.35. The van der Waals surface area contributed by atoms with Gasteiger partial charge in [0.15, 0.2) is 0 Å². The molecule has 2 aromatic carbocycles. The van der Waals surface area contributed by atoms with E-state index in [4.69, 9.17) is 16.7 Å². The minimum atomic E-state index is 0.0978. The van der Waals surface area contributed by atoms with E-state index < -0.39 is 0 Å². The summed E-state index contributed by atoms with van der Waals surface area (Å²) < 4.78 is 1.91. The fourth-order valence-corrected chi connectivity index (χ4v) is 4.73. The van der Waals surface area contributed by atoms with Gasteiger partial charge in [-0.1, -0.05) is 60.1 Å². The van der Waals surface area contributed by atoms with E-state index in [2.05, 4.69) is 40.7 Å². The van der Waals surface area contributed by atoms with E-state index in [1.807, 2.05) is 42.1 Å². The Morgan fingerprint density at radius 3 is 2.72 bits per heavy atom. The normalized spacial score (nSPS) is 16.8. The summed E-state index contributed by atoms with van der Waals surface area (Å²) >= 11 is 6.18. The average Bonchev–Trinajstić information content (AvgIpc) is 3.18. The quantitative estimate of drug-likeness (QED) is 0.522. The van der Waals surface area contributed by atoms with Gasteiger partial charge >= 0.3 is 0 Å². The number of amides is 1. The Morgan fingerprint density at radius 2 is 1.91 bits per heavy atom. The molecule has 32 heavy (non-hydrogen) atoms. The van der Waals surface area contributed by atoms with Crippen molar-refractivity contribution in [1.29, 1.82) is 0 Å². The lowest BCUT2D eigenvalue weighted by Gasteiger charge is -2.32. The second-order valence-corrected chi connectivity index (χ2v) is 9.10. The second kappa shape index (κ2) is 10.8. The van der Waals surface area contributed by atoms with Crippen LogP contribution >= 0.6 is 11.6 Å². The smallest absolute Gasteiger partial charge is 0.220 e. The first kappa shape index (κ1) is 22.6. The Balaban J connectivity index is 1.28. The second-order valence-electron chi connectivity index (χ2n) is 8.69. The molecule has 3 aromatic rings. The van der Waals surface area contributed by atoms with Crippen LogP contribution in [-0.2, 0) is 24.9 Å². The maximum atomic E-state index is 12.4. The molecule has 4 rings (SSSR count). The summed E-state index contributed by atoms with van der Waals surface area (Å²) in [5.74, 6) is 0.646. The number of halogens is 1. The summed E-state index contributed by atoms with van der Waals surface area (Å²) in [5, 5.41) is 8.41. The highest BCUT2D eigenvalue weighted by Crippen LogP contribution is 2.26. The van der Waals surface area contributed by atoms with E-state index in [-0.39, 0.29) is 5.91 Å². The van der Waals surface area contributed by atoms with Crippen molar-refractivity contribution in [3.05, 3.63) is 76.9 Å². The number of rotatable bonds is 8. The molecule has 0 saturated carbocycles. The van der Waals surface area contributed by atoms with Gasteiger partial charge in [0, 0.05) is 55.4 Å². The van der Waals surface area contributed by atoms with Gasteiger partial charge < -0.3 is 5.32 Å². The standard InChI is InChI=1S/C26H31ClN4O/c1-30-18-23(26(29-30)21-9-3-2-4-10-21)19-31-15-7-8-20(17-31)13-14-25(32)28-16-22-11-5-6-12-24(22)27/h2-6,9-12,18,20H,7-8,13-17,19H2,1H3,(H,28,32). The Morgan fingerprint density at radius 1 is 1.12 bits per heavy atom. The van der Waals surface area contributed by atoms with E-state index in [9.17, 15) is 4.79 Å². The molecule has 0 bridgehead atoms. The van der Waals surface area contributed by atoms with Gasteiger partial charge in [-0.15, -0.1) is 0 Å². The van der Waals surface area contributed by atoms with E-state index in [1.165, 1.54) is 18.4 Å². The van der Waals surface area contributed by atoms with Crippen LogP contribution in [0.2, 0.25) is 5.02 Å². The van der Waals surface area contributed by atoms with Crippen LogP contribution in [0.3, 0.4) is 0 Å². The predicted octanol–water partition coefficient (Wildman–Crippen LogP) is 5.05. The van der Waals surface area contributed by atoms with Crippen molar-refractivity contribution in [2.24, 2.45) is 13.0 Å². The largest absolute Gasteiger partial charge is 0.352 e. The summed E-state index contributed by atoms with van der Waals surface area (Å²) in [6.07, 6.45) is 5.97. The van der Waals surface area contributed by atoms with Crippen LogP contribution in [0.1, 0.15) is 36.8 Å². The number of piperidine rings is 1. The number of benzene rings is 2. The molecule has 0 spiro atoms. The summed E-state index contributed by atoms with van der Waals surface area (Å²) in [4.78, 5) is 14.9. The Kier molecular flexibility index (Phi) is 7.61. The lowest BCUT2D eigenvalue weighted by molar-refractivity contribution is -0.121. The molecule has 1 unspecified atom stereocenters. The topological polar surface area (TPSA) is 50.2 Å². The van der Waals surface area contributed by atoms with Crippen molar-refractivity contribution in [2.75, 3.05) is 13.1 Å². The Hall–Kier alpha value is -2.63. The van der Waals surface area contributed by atoms with Gasteiger partial charge in [-0.05, 0) is 43.4 Å². The number of nitrogens with one attached hydrogen (secondary N) is 1. The van der Waals surface area contributed by atoms with Crippen LogP contribution in [0.5, 0.6) is 0 Å². The summed E-state index contributed by atoms with van der Waals surface area (Å²) in [5.41, 5.74) is 4.44. The van der Waals surface area contributed by atoms with Crippen LogP contribution in [0, 0.1) is 5.92 Å². The molecule has 1 amide bonds. The third-order valence-electron chi connectivity index (χ3n) is 6.16. The molecule has 1 fully saturated rings. The fraction of sp³-hybridized carbons (Fsp3) is 0.385. The van der Waals surface area contributed by atoms with Gasteiger partial charge in [0.05, 0.1) is 5.69 Å². The van der Waals surface area contributed by atoms with E-state index in [1.54, 1.807) is 0 Å². The lowest BCUT2D eigenvalue weighted by atomic mass is 9.93. The van der Waals surface area contributed by atoms with Crippen molar-refractivity contribution in [3.8, 4) is 11.3 Å². The van der Waals surface area contributed by atoms with Gasteiger partial charge in [-0.25, -0.2) is 0 Å². The molecular formula is C26H31ClN4O. The number of carbonyl (C=O) groups is 1. The number of hydrogen-bond acceptors (Lipinski definition) is 3. The predicted molar refractivity (Wildman–Crippen MR) is 129 cm³/mol. The van der Waals surface area contributed by atoms with Crippen molar-refractivity contribution < 1.29 is 4.79 Å². The third-order valence-corrected chi connectivity index (χ3v) is 6.53. The molecular weight excluding hydrogens is 420 g/mol. The maximum Gasteiger partial charge on any atom is 0.220 e. The molecule has 1 aromatic heterocycles. The monoisotopic (exact) mass is 450 g/mol. The van der Waals surface area contributed by atoms with Crippen molar-refractivity contribution in [1.82, 2.24) is 20.0 Å². The highest BCUT2D eigenvalue weighted by Gasteiger charge is 2.22. The first-order chi connectivity index (χ1) is 15.6. The van der Waals surface area contributed by atoms with Gasteiger partial charge in [0.2, 0.25) is 5.91 Å². The van der Waals surface area contributed by atoms with Gasteiger partial charge in [-0.2, -0.15) is 5.10 Å². The van der Waals surface area contributed by atoms with Gasteiger partial charge in [0.1, 0.15) is 0 Å². The van der Waals surface area contributed by atoms with Crippen molar-refractivity contribution >= 4 is 17.5 Å². The van der Waals surface area contributed by atoms with Crippen LogP contribution < -0.4 is 5.32 Å². The summed E-state index contributed by atoms with van der Waals surface area (Å²) in [6.45, 7) is 3.51. The van der Waals surface area contributed by atoms with Crippen LogP contribution in [0.25, 0.3) is 11.3 Å². The number of aryl methyl sites for hydroxylation is 1. The first-order valence-electron chi connectivity index (χ1n) is 11.4. The van der Waals surface area contributed by atoms with Crippen molar-refractivity contribution in [2.45, 2.75) is 38.8 Å². The highest BCUT2D eigenvalue weighted by molar-refractivity contribution is 6.31. The Labute approximate surface area is 195 Å². The van der Waals surface area contributed by atoms with Crippen molar-refractivity contribution in [3.63, 3.8) is 0 Å². The minimum absolute atomic E-state index is 0.0978. The van der Waals surface area contributed by atoms with Crippen LogP contribution in [0.15, 0.2) is 60.8 Å². The van der Waals surface area contributed by atoms with Gasteiger partial charge in [-0.3, -0.25) is 14.4 Å². The molecule has 6 heteroatoms. The van der Waals surface area contributed by atoms with Crippen LogP contribution in [-0.4, -0.2) is 33.7 Å². The zero-order chi connectivity index (χ0) is 22.3. The molecule has 5 nitrogen and oxygen atoms in total. The molecule has 1 aliphatic rings. The van der Waals surface area contributed by atoms with Crippen LogP contribution in [0.4, 0.5) is 0 Å². The highest BCUT2D eigenvalue weighted by atomic mass is 35.5. The van der Waals surface area contributed by atoms with Gasteiger partial charge in [0.25, 0.3) is 0 Å². The average molecular weight is 451 g/mol.